The van der Waals surface area contributed by atoms with Gasteiger partial charge < -0.3 is 10.0 Å². The number of likely N-dealkylation sites (tertiary alicyclic amines) is 2. The Kier molecular flexibility index (Phi) is 5.64. The largest absolute Gasteiger partial charge is 0.480 e. The average Bonchev–Trinajstić information content (AvgIpc) is 2.98. The van der Waals surface area contributed by atoms with Gasteiger partial charge in [0, 0.05) is 6.04 Å². The van der Waals surface area contributed by atoms with Crippen LogP contribution in [0.2, 0.25) is 0 Å². The average molecular weight is 268 g/mol. The van der Waals surface area contributed by atoms with Crippen molar-refractivity contribution in [3.8, 4) is 0 Å². The number of rotatable bonds is 7. The van der Waals surface area contributed by atoms with Crippen LogP contribution in [0.5, 0.6) is 0 Å². The number of carboxylic acid groups (broad SMARTS) is 1. The summed E-state index contributed by atoms with van der Waals surface area (Å²) in [7, 11) is 0. The molecule has 0 aromatic rings. The van der Waals surface area contributed by atoms with Crippen LogP contribution in [0, 0.1) is 0 Å². The van der Waals surface area contributed by atoms with Crippen molar-refractivity contribution in [3.63, 3.8) is 0 Å². The highest BCUT2D eigenvalue weighted by atomic mass is 16.4. The van der Waals surface area contributed by atoms with Gasteiger partial charge in [0.05, 0.1) is 0 Å². The van der Waals surface area contributed by atoms with Gasteiger partial charge in [-0.1, -0.05) is 6.42 Å². The molecule has 1 N–H and O–H groups in total. The van der Waals surface area contributed by atoms with Crippen LogP contribution in [0.4, 0.5) is 0 Å². The van der Waals surface area contributed by atoms with Crippen LogP contribution < -0.4 is 0 Å². The quantitative estimate of drug-likeness (QED) is 0.719. The molecule has 2 rings (SSSR count). The van der Waals surface area contributed by atoms with E-state index in [2.05, 4.69) is 16.7 Å². The maximum atomic E-state index is 11.1. The summed E-state index contributed by atoms with van der Waals surface area (Å²) >= 11 is 0. The van der Waals surface area contributed by atoms with Crippen molar-refractivity contribution in [2.75, 3.05) is 26.2 Å². The lowest BCUT2D eigenvalue weighted by Gasteiger charge is -2.22. The van der Waals surface area contributed by atoms with Crippen molar-refractivity contribution in [1.29, 1.82) is 0 Å². The first-order chi connectivity index (χ1) is 9.18. The summed E-state index contributed by atoms with van der Waals surface area (Å²) in [5.74, 6) is -0.636. The third-order valence-electron chi connectivity index (χ3n) is 4.73. The molecular weight excluding hydrogens is 240 g/mol. The van der Waals surface area contributed by atoms with Crippen molar-refractivity contribution < 1.29 is 9.90 Å². The number of hydrogen-bond donors (Lipinski definition) is 1. The van der Waals surface area contributed by atoms with Gasteiger partial charge in [0.1, 0.15) is 6.04 Å². The lowest BCUT2D eigenvalue weighted by Crippen LogP contribution is -2.36. The van der Waals surface area contributed by atoms with Crippen LogP contribution >= 0.6 is 0 Å². The molecular formula is C15H28N2O2. The third kappa shape index (κ3) is 4.18. The van der Waals surface area contributed by atoms with E-state index in [9.17, 15) is 4.79 Å². The van der Waals surface area contributed by atoms with Gasteiger partial charge >= 0.3 is 5.97 Å². The molecule has 0 bridgehead atoms. The molecule has 0 saturated carbocycles. The highest BCUT2D eigenvalue weighted by Gasteiger charge is 2.29. The number of aliphatic carboxylic acids is 1. The molecule has 4 nitrogen and oxygen atoms in total. The molecule has 2 saturated heterocycles. The molecule has 110 valence electrons. The fourth-order valence-electron chi connectivity index (χ4n) is 3.50. The van der Waals surface area contributed by atoms with Gasteiger partial charge in [-0.3, -0.25) is 9.69 Å². The molecule has 2 aliphatic heterocycles. The summed E-state index contributed by atoms with van der Waals surface area (Å²) in [5.41, 5.74) is 0. The summed E-state index contributed by atoms with van der Waals surface area (Å²) in [6.07, 6.45) is 8.22. The minimum atomic E-state index is -0.636. The zero-order chi connectivity index (χ0) is 13.7. The highest BCUT2D eigenvalue weighted by molar-refractivity contribution is 5.73. The van der Waals surface area contributed by atoms with Gasteiger partial charge in [-0.2, -0.15) is 0 Å². The van der Waals surface area contributed by atoms with E-state index >= 15 is 0 Å². The monoisotopic (exact) mass is 268 g/mol. The number of nitrogens with zero attached hydrogens (tertiary/aromatic N) is 2. The molecule has 0 amide bonds. The fourth-order valence-corrected chi connectivity index (χ4v) is 3.50. The SMILES string of the molecule is C[C@@H]1CCCN1CCCCCN1CCC[C@H]1C(=O)O. The molecule has 19 heavy (non-hydrogen) atoms. The third-order valence-corrected chi connectivity index (χ3v) is 4.73. The van der Waals surface area contributed by atoms with E-state index in [-0.39, 0.29) is 6.04 Å². The van der Waals surface area contributed by atoms with Gasteiger partial charge in [0.2, 0.25) is 0 Å². The number of hydrogen-bond acceptors (Lipinski definition) is 3. The standard InChI is InChI=1S/C15H28N2O2/c1-13-7-5-11-16(13)9-3-2-4-10-17-12-6-8-14(17)15(18)19/h13-14H,2-12H2,1H3,(H,18,19)/t13-,14+/m1/s1. The maximum absolute atomic E-state index is 11.1. The molecule has 2 atom stereocenters. The Hall–Kier alpha value is -0.610. The highest BCUT2D eigenvalue weighted by Crippen LogP contribution is 2.19. The Balaban J connectivity index is 1.55. The number of unbranched alkanes of at least 4 members (excludes halogenated alkanes) is 2. The summed E-state index contributed by atoms with van der Waals surface area (Å²) in [5, 5.41) is 9.11. The summed E-state index contributed by atoms with van der Waals surface area (Å²) in [6.45, 7) is 6.76. The van der Waals surface area contributed by atoms with Crippen LogP contribution in [0.15, 0.2) is 0 Å². The van der Waals surface area contributed by atoms with Crippen LogP contribution in [0.25, 0.3) is 0 Å². The zero-order valence-electron chi connectivity index (χ0n) is 12.2. The first-order valence-corrected chi connectivity index (χ1v) is 7.89. The molecule has 0 aliphatic carbocycles. The van der Waals surface area contributed by atoms with E-state index in [1.807, 2.05) is 0 Å². The van der Waals surface area contributed by atoms with E-state index in [1.54, 1.807) is 0 Å². The van der Waals surface area contributed by atoms with E-state index in [1.165, 1.54) is 38.8 Å². The molecule has 2 aliphatic rings. The number of carboxylic acids is 1. The van der Waals surface area contributed by atoms with Gasteiger partial charge in [-0.25, -0.2) is 0 Å². The van der Waals surface area contributed by atoms with Crippen LogP contribution in [-0.2, 0) is 4.79 Å². The van der Waals surface area contributed by atoms with Crippen molar-refractivity contribution in [3.05, 3.63) is 0 Å². The van der Waals surface area contributed by atoms with E-state index in [0.29, 0.717) is 0 Å². The van der Waals surface area contributed by atoms with E-state index in [4.69, 9.17) is 5.11 Å². The lowest BCUT2D eigenvalue weighted by atomic mass is 10.2. The smallest absolute Gasteiger partial charge is 0.320 e. The molecule has 4 heteroatoms. The molecule has 0 unspecified atom stereocenters. The van der Waals surface area contributed by atoms with Crippen molar-refractivity contribution in [1.82, 2.24) is 9.80 Å². The molecule has 0 spiro atoms. The molecule has 0 radical (unpaired) electrons. The van der Waals surface area contributed by atoms with Gasteiger partial charge in [0.15, 0.2) is 0 Å². The van der Waals surface area contributed by atoms with Crippen LogP contribution in [-0.4, -0.2) is 59.1 Å². The van der Waals surface area contributed by atoms with Crippen LogP contribution in [0.1, 0.15) is 51.9 Å². The Morgan fingerprint density at radius 3 is 2.32 bits per heavy atom. The molecule has 2 heterocycles. The van der Waals surface area contributed by atoms with E-state index in [0.717, 1.165) is 38.4 Å². The summed E-state index contributed by atoms with van der Waals surface area (Å²) in [6, 6.07) is 0.563. The summed E-state index contributed by atoms with van der Waals surface area (Å²) in [4.78, 5) is 15.8. The van der Waals surface area contributed by atoms with Crippen molar-refractivity contribution in [2.24, 2.45) is 0 Å². The second kappa shape index (κ2) is 7.25. The van der Waals surface area contributed by atoms with Gasteiger partial charge in [0.25, 0.3) is 0 Å². The van der Waals surface area contributed by atoms with E-state index < -0.39 is 5.97 Å². The van der Waals surface area contributed by atoms with Gasteiger partial charge in [-0.05, 0) is 71.6 Å². The van der Waals surface area contributed by atoms with Crippen molar-refractivity contribution >= 4 is 5.97 Å². The predicted molar refractivity (Wildman–Crippen MR) is 76.4 cm³/mol. The first-order valence-electron chi connectivity index (χ1n) is 7.89. The van der Waals surface area contributed by atoms with Gasteiger partial charge in [-0.15, -0.1) is 0 Å². The minimum Gasteiger partial charge on any atom is -0.480 e. The zero-order valence-corrected chi connectivity index (χ0v) is 12.2. The Morgan fingerprint density at radius 1 is 1.05 bits per heavy atom. The molecule has 2 fully saturated rings. The second-order valence-electron chi connectivity index (χ2n) is 6.12. The predicted octanol–water partition coefficient (Wildman–Crippen LogP) is 2.19. The Labute approximate surface area is 116 Å². The van der Waals surface area contributed by atoms with Crippen LogP contribution in [0.3, 0.4) is 0 Å². The first kappa shape index (κ1) is 14.8. The Bertz CT molecular complexity index is 296. The molecule has 0 aromatic heterocycles. The Morgan fingerprint density at radius 2 is 1.68 bits per heavy atom. The lowest BCUT2D eigenvalue weighted by molar-refractivity contribution is -0.142. The maximum Gasteiger partial charge on any atom is 0.320 e. The summed E-state index contributed by atoms with van der Waals surface area (Å²) < 4.78 is 0. The second-order valence-corrected chi connectivity index (χ2v) is 6.12. The minimum absolute atomic E-state index is 0.210. The van der Waals surface area contributed by atoms with Crippen molar-refractivity contribution in [2.45, 2.75) is 64.0 Å². The topological polar surface area (TPSA) is 43.8 Å². The normalized spacial score (nSPS) is 29.1. The fraction of sp³-hybridized carbons (Fsp3) is 0.933. The number of carbonyl (C=O) groups is 1. The molecule has 0 aromatic carbocycles.